The molecular weight excluding hydrogens is 342 g/mol. The number of hydrogen-bond acceptors (Lipinski definition) is 3. The predicted molar refractivity (Wildman–Crippen MR) is 95.5 cm³/mol. The number of aliphatic carboxylic acids is 1. The maximum atomic E-state index is 12.5. The van der Waals surface area contributed by atoms with E-state index in [1.807, 2.05) is 20.9 Å². The van der Waals surface area contributed by atoms with Gasteiger partial charge in [-0.3, -0.25) is 9.48 Å². The van der Waals surface area contributed by atoms with Crippen molar-refractivity contribution in [2.45, 2.75) is 33.2 Å². The zero-order valence-electron chi connectivity index (χ0n) is 14.7. The quantitative estimate of drug-likeness (QED) is 0.826. The lowest BCUT2D eigenvalue weighted by Crippen LogP contribution is -2.37. The number of benzene rings is 1. The molecule has 0 aliphatic heterocycles. The highest BCUT2D eigenvalue weighted by molar-refractivity contribution is 6.31. The standard InChI is InChI=1S/C18H22ClN3O3/c1-10(9-14-11(2)21-22(4)12(14)3)17(23)20-16(18(24)25)13-7-5-6-8-15(13)19/h5-8,10,16H,9H2,1-4H3,(H,20,23)(H,24,25)/t10-,16-/m1/s1. The third-order valence-corrected chi connectivity index (χ3v) is 4.71. The van der Waals surface area contributed by atoms with Gasteiger partial charge in [0.05, 0.1) is 5.69 Å². The third-order valence-electron chi connectivity index (χ3n) is 4.37. The number of aromatic nitrogens is 2. The molecule has 1 aromatic heterocycles. The minimum Gasteiger partial charge on any atom is -0.479 e. The fraction of sp³-hybridized carbons (Fsp3) is 0.389. The van der Waals surface area contributed by atoms with Crippen molar-refractivity contribution in [3.05, 3.63) is 51.8 Å². The van der Waals surface area contributed by atoms with Crippen LogP contribution in [0.3, 0.4) is 0 Å². The minimum absolute atomic E-state index is 0.307. The summed E-state index contributed by atoms with van der Waals surface area (Å²) in [5, 5.41) is 16.7. The van der Waals surface area contributed by atoms with Gasteiger partial charge in [-0.15, -0.1) is 0 Å². The first-order valence-corrected chi connectivity index (χ1v) is 8.36. The van der Waals surface area contributed by atoms with Crippen molar-refractivity contribution in [3.8, 4) is 0 Å². The number of hydrogen-bond donors (Lipinski definition) is 2. The van der Waals surface area contributed by atoms with Gasteiger partial charge in [0, 0.05) is 29.2 Å². The molecule has 1 amide bonds. The number of rotatable bonds is 6. The van der Waals surface area contributed by atoms with Gasteiger partial charge in [-0.25, -0.2) is 4.79 Å². The van der Waals surface area contributed by atoms with Crippen LogP contribution < -0.4 is 5.32 Å². The number of halogens is 1. The largest absolute Gasteiger partial charge is 0.479 e. The Kier molecular flexibility index (Phi) is 5.85. The summed E-state index contributed by atoms with van der Waals surface area (Å²) in [6.07, 6.45) is 0.492. The number of aryl methyl sites for hydroxylation is 2. The summed E-state index contributed by atoms with van der Waals surface area (Å²) < 4.78 is 1.78. The Bertz CT molecular complexity index is 801. The van der Waals surface area contributed by atoms with Gasteiger partial charge >= 0.3 is 5.97 Å². The maximum Gasteiger partial charge on any atom is 0.330 e. The van der Waals surface area contributed by atoms with E-state index < -0.39 is 17.9 Å². The number of amides is 1. The average Bonchev–Trinajstić information content (AvgIpc) is 2.79. The van der Waals surface area contributed by atoms with Crippen LogP contribution >= 0.6 is 11.6 Å². The van der Waals surface area contributed by atoms with Gasteiger partial charge < -0.3 is 10.4 Å². The van der Waals surface area contributed by atoms with E-state index in [4.69, 9.17) is 11.6 Å². The summed E-state index contributed by atoms with van der Waals surface area (Å²) in [7, 11) is 1.86. The molecule has 0 unspecified atom stereocenters. The van der Waals surface area contributed by atoms with Crippen LogP contribution in [0.1, 0.15) is 35.5 Å². The van der Waals surface area contributed by atoms with E-state index in [0.29, 0.717) is 17.0 Å². The van der Waals surface area contributed by atoms with E-state index in [1.54, 1.807) is 35.9 Å². The Hall–Kier alpha value is -2.34. The fourth-order valence-corrected chi connectivity index (χ4v) is 3.02. The Morgan fingerprint density at radius 1 is 1.32 bits per heavy atom. The second-order valence-electron chi connectivity index (χ2n) is 6.18. The predicted octanol–water partition coefficient (Wildman–Crippen LogP) is 2.81. The van der Waals surface area contributed by atoms with Crippen molar-refractivity contribution >= 4 is 23.5 Å². The Morgan fingerprint density at radius 3 is 2.48 bits per heavy atom. The summed E-state index contributed by atoms with van der Waals surface area (Å²) in [5.41, 5.74) is 3.25. The third kappa shape index (κ3) is 4.20. The molecule has 0 radical (unpaired) electrons. The molecule has 1 heterocycles. The van der Waals surface area contributed by atoms with E-state index in [1.165, 1.54) is 0 Å². The van der Waals surface area contributed by atoms with Crippen molar-refractivity contribution in [1.82, 2.24) is 15.1 Å². The van der Waals surface area contributed by atoms with Crippen LogP contribution in [0.25, 0.3) is 0 Å². The molecule has 7 heteroatoms. The fourth-order valence-electron chi connectivity index (χ4n) is 2.78. The van der Waals surface area contributed by atoms with Crippen molar-refractivity contribution in [3.63, 3.8) is 0 Å². The lowest BCUT2D eigenvalue weighted by Gasteiger charge is -2.19. The summed E-state index contributed by atoms with van der Waals surface area (Å²) in [5.74, 6) is -1.89. The van der Waals surface area contributed by atoms with Gasteiger partial charge in [0.15, 0.2) is 6.04 Å². The van der Waals surface area contributed by atoms with Crippen molar-refractivity contribution < 1.29 is 14.7 Å². The molecule has 0 saturated heterocycles. The molecule has 2 rings (SSSR count). The van der Waals surface area contributed by atoms with Gasteiger partial charge in [-0.2, -0.15) is 5.10 Å². The van der Waals surface area contributed by atoms with E-state index >= 15 is 0 Å². The van der Waals surface area contributed by atoms with E-state index in [-0.39, 0.29) is 5.91 Å². The van der Waals surface area contributed by atoms with Crippen molar-refractivity contribution in [2.75, 3.05) is 0 Å². The van der Waals surface area contributed by atoms with Crippen LogP contribution in [0.4, 0.5) is 0 Å². The highest BCUT2D eigenvalue weighted by Crippen LogP contribution is 2.24. The van der Waals surface area contributed by atoms with Crippen LogP contribution in [-0.4, -0.2) is 26.8 Å². The molecule has 6 nitrogen and oxygen atoms in total. The highest BCUT2D eigenvalue weighted by atomic mass is 35.5. The second kappa shape index (κ2) is 7.70. The van der Waals surface area contributed by atoms with Gasteiger partial charge in [0.1, 0.15) is 0 Å². The normalized spacial score (nSPS) is 13.3. The first-order valence-electron chi connectivity index (χ1n) is 7.99. The molecule has 134 valence electrons. The van der Waals surface area contributed by atoms with Crippen LogP contribution in [0.15, 0.2) is 24.3 Å². The molecular formula is C18H22ClN3O3. The Balaban J connectivity index is 2.16. The first kappa shape index (κ1) is 19.0. The number of nitrogens with zero attached hydrogens (tertiary/aromatic N) is 2. The zero-order valence-corrected chi connectivity index (χ0v) is 15.5. The summed E-state index contributed by atoms with van der Waals surface area (Å²) in [6, 6.07) is 5.42. The monoisotopic (exact) mass is 363 g/mol. The maximum absolute atomic E-state index is 12.5. The number of carboxylic acids is 1. The second-order valence-corrected chi connectivity index (χ2v) is 6.59. The first-order chi connectivity index (χ1) is 11.7. The SMILES string of the molecule is Cc1nn(C)c(C)c1C[C@@H](C)C(=O)N[C@@H](C(=O)O)c1ccccc1Cl. The molecule has 0 aliphatic rings. The Morgan fingerprint density at radius 2 is 1.96 bits per heavy atom. The van der Waals surface area contributed by atoms with Crippen LogP contribution in [0.2, 0.25) is 5.02 Å². The number of carbonyl (C=O) groups is 2. The molecule has 0 bridgehead atoms. The van der Waals surface area contributed by atoms with E-state index in [0.717, 1.165) is 17.0 Å². The average molecular weight is 364 g/mol. The lowest BCUT2D eigenvalue weighted by atomic mass is 9.98. The summed E-state index contributed by atoms with van der Waals surface area (Å²) >= 11 is 6.07. The van der Waals surface area contributed by atoms with Gasteiger partial charge in [-0.05, 0) is 31.9 Å². The minimum atomic E-state index is -1.18. The molecule has 0 saturated carbocycles. The topological polar surface area (TPSA) is 84.2 Å². The highest BCUT2D eigenvalue weighted by Gasteiger charge is 2.27. The van der Waals surface area contributed by atoms with E-state index in [2.05, 4.69) is 10.4 Å². The molecule has 0 aliphatic carbocycles. The molecule has 0 fully saturated rings. The summed E-state index contributed by atoms with van der Waals surface area (Å²) in [4.78, 5) is 24.1. The smallest absolute Gasteiger partial charge is 0.330 e. The van der Waals surface area contributed by atoms with Crippen molar-refractivity contribution in [1.29, 1.82) is 0 Å². The lowest BCUT2D eigenvalue weighted by molar-refractivity contribution is -0.142. The number of carboxylic acid groups (broad SMARTS) is 1. The van der Waals surface area contributed by atoms with Gasteiger partial charge in [0.25, 0.3) is 0 Å². The molecule has 0 spiro atoms. The Labute approximate surface area is 151 Å². The van der Waals surface area contributed by atoms with Gasteiger partial charge in [-0.1, -0.05) is 36.7 Å². The number of carbonyl (C=O) groups excluding carboxylic acids is 1. The molecule has 1 aromatic carbocycles. The molecule has 2 N–H and O–H groups in total. The van der Waals surface area contributed by atoms with E-state index in [9.17, 15) is 14.7 Å². The molecule has 25 heavy (non-hydrogen) atoms. The number of nitrogens with one attached hydrogen (secondary N) is 1. The molecule has 2 aromatic rings. The van der Waals surface area contributed by atoms with Crippen LogP contribution in [0.5, 0.6) is 0 Å². The van der Waals surface area contributed by atoms with Crippen molar-refractivity contribution in [2.24, 2.45) is 13.0 Å². The van der Waals surface area contributed by atoms with Gasteiger partial charge in [0.2, 0.25) is 5.91 Å². The molecule has 2 atom stereocenters. The summed E-state index contributed by atoms with van der Waals surface area (Å²) in [6.45, 7) is 5.62. The zero-order chi connectivity index (χ0) is 18.7. The van der Waals surface area contributed by atoms with Crippen LogP contribution in [0, 0.1) is 19.8 Å². The van der Waals surface area contributed by atoms with Crippen LogP contribution in [-0.2, 0) is 23.1 Å².